The summed E-state index contributed by atoms with van der Waals surface area (Å²) in [5.74, 6) is 0. The quantitative estimate of drug-likeness (QED) is 0.147. The Hall–Kier alpha value is -8.98. The summed E-state index contributed by atoms with van der Waals surface area (Å²) in [7, 11) is 0. The maximum absolute atomic E-state index is 2.57. The molecule has 0 radical (unpaired) electrons. The Balaban J connectivity index is 1.06. The highest BCUT2D eigenvalue weighted by atomic mass is 15.1. The van der Waals surface area contributed by atoms with Crippen LogP contribution < -0.4 is 4.90 Å². The summed E-state index contributed by atoms with van der Waals surface area (Å²) in [5, 5.41) is 2.43. The van der Waals surface area contributed by atoms with Crippen LogP contribution in [0, 0.1) is 0 Å². The largest absolute Gasteiger partial charge is 0.310 e. The predicted octanol–water partition coefficient (Wildman–Crippen LogP) is 18.3. The molecule has 2 heteroatoms. The summed E-state index contributed by atoms with van der Waals surface area (Å²) in [6.07, 6.45) is 0. The smallest absolute Gasteiger partial charge is 0.0734 e. The van der Waals surface area contributed by atoms with Crippen molar-refractivity contribution in [3.05, 3.63) is 300 Å². The fraction of sp³-hybridized carbons (Fsp3) is 0.0571. The zero-order valence-corrected chi connectivity index (χ0v) is 40.3. The van der Waals surface area contributed by atoms with Crippen LogP contribution in [0.1, 0.15) is 47.2 Å². The zero-order chi connectivity index (χ0) is 48.0. The minimum atomic E-state index is -0.710. The number of hydrogen-bond donors (Lipinski definition) is 0. The van der Waals surface area contributed by atoms with E-state index in [0.717, 1.165) is 28.3 Å². The van der Waals surface area contributed by atoms with Crippen LogP contribution in [0.3, 0.4) is 0 Å². The standard InChI is InChI=1S/C70H50N2/c1-69(2)62-34-18-15-30-56(62)58-40-38-54(45-64(58)69)71(53-28-13-6-14-29-53)55-39-41-60-59-32-17-20-36-65(59)72(67(60)46-55)66-37-21-33-61-57-31-16-19-35-63(57)70(68(61)66,51-26-11-5-12-27-51)52-43-49(47-22-7-3-8-23-47)42-50(44-52)48-24-9-4-10-25-48/h3-46H,1-2H3. The summed E-state index contributed by atoms with van der Waals surface area (Å²) in [6.45, 7) is 4.73. The minimum Gasteiger partial charge on any atom is -0.310 e. The molecule has 0 bridgehead atoms. The molecule has 1 atom stereocenters. The molecule has 0 saturated carbocycles. The topological polar surface area (TPSA) is 8.17 Å². The average molecular weight is 919 g/mol. The second-order valence-corrected chi connectivity index (χ2v) is 20.0. The molecule has 1 aromatic heterocycles. The van der Waals surface area contributed by atoms with Crippen LogP contribution in [0.2, 0.25) is 0 Å². The van der Waals surface area contributed by atoms with Gasteiger partial charge in [0.25, 0.3) is 0 Å². The van der Waals surface area contributed by atoms with Crippen molar-refractivity contribution in [3.63, 3.8) is 0 Å². The number of benzene rings is 11. The van der Waals surface area contributed by atoms with Gasteiger partial charge < -0.3 is 9.47 Å². The molecule has 1 heterocycles. The molecule has 11 aromatic carbocycles. The van der Waals surface area contributed by atoms with Crippen molar-refractivity contribution >= 4 is 38.9 Å². The van der Waals surface area contributed by atoms with E-state index in [4.69, 9.17) is 0 Å². The molecule has 2 nitrogen and oxygen atoms in total. The summed E-state index contributed by atoms with van der Waals surface area (Å²) >= 11 is 0. The van der Waals surface area contributed by atoms with E-state index >= 15 is 0 Å². The van der Waals surface area contributed by atoms with Crippen molar-refractivity contribution in [3.8, 4) is 50.2 Å². The normalized spacial score (nSPS) is 15.0. The number of rotatable bonds is 8. The number of aromatic nitrogens is 1. The van der Waals surface area contributed by atoms with Gasteiger partial charge in [-0.15, -0.1) is 0 Å². The number of anilines is 3. The molecule has 2 aliphatic rings. The summed E-state index contributed by atoms with van der Waals surface area (Å²) < 4.78 is 2.57. The SMILES string of the molecule is CC1(C)c2ccccc2-c2ccc(N(c3ccccc3)c3ccc4c5ccccc5n(-c5cccc6c5C(c5ccccc5)(c5cc(-c7ccccc7)cc(-c7ccccc7)c5)c5ccccc5-6)c4c3)cc21. The van der Waals surface area contributed by atoms with Gasteiger partial charge in [-0.05, 0) is 139 Å². The number of hydrogen-bond acceptors (Lipinski definition) is 1. The predicted molar refractivity (Wildman–Crippen MR) is 301 cm³/mol. The van der Waals surface area contributed by atoms with Gasteiger partial charge in [-0.3, -0.25) is 0 Å². The summed E-state index contributed by atoms with van der Waals surface area (Å²) in [5.41, 5.74) is 23.6. The van der Waals surface area contributed by atoms with E-state index in [1.807, 2.05) is 0 Å². The Morgan fingerprint density at radius 2 is 0.847 bits per heavy atom. The van der Waals surface area contributed by atoms with Gasteiger partial charge >= 0.3 is 0 Å². The molecule has 72 heavy (non-hydrogen) atoms. The highest BCUT2D eigenvalue weighted by Gasteiger charge is 2.48. The maximum Gasteiger partial charge on any atom is 0.0734 e. The highest BCUT2D eigenvalue weighted by molar-refractivity contribution is 6.11. The minimum absolute atomic E-state index is 0.139. The molecule has 14 rings (SSSR count). The molecular formula is C70H50N2. The first kappa shape index (κ1) is 41.9. The number of nitrogens with zero attached hydrogens (tertiary/aromatic N) is 2. The second-order valence-electron chi connectivity index (χ2n) is 20.0. The third kappa shape index (κ3) is 6.22. The lowest BCUT2D eigenvalue weighted by molar-refractivity contribution is 0.660. The van der Waals surface area contributed by atoms with Crippen molar-refractivity contribution < 1.29 is 0 Å². The Kier molecular flexibility index (Phi) is 9.50. The maximum atomic E-state index is 2.57. The van der Waals surface area contributed by atoms with Crippen molar-refractivity contribution in [1.82, 2.24) is 4.57 Å². The molecule has 0 fully saturated rings. The molecule has 340 valence electrons. The Labute approximate surface area is 421 Å². The molecule has 0 saturated heterocycles. The lowest BCUT2D eigenvalue weighted by atomic mass is 9.66. The van der Waals surface area contributed by atoms with Gasteiger partial charge in [0.2, 0.25) is 0 Å². The molecule has 0 amide bonds. The molecule has 1 unspecified atom stereocenters. The Morgan fingerprint density at radius 3 is 1.56 bits per heavy atom. The molecule has 0 spiro atoms. The lowest BCUT2D eigenvalue weighted by Gasteiger charge is -2.36. The van der Waals surface area contributed by atoms with Crippen LogP contribution >= 0.6 is 0 Å². The Bertz CT molecular complexity index is 4000. The average Bonchev–Trinajstić information content (AvgIpc) is 4.03. The van der Waals surface area contributed by atoms with Gasteiger partial charge in [-0.25, -0.2) is 0 Å². The van der Waals surface area contributed by atoms with Crippen molar-refractivity contribution in [2.45, 2.75) is 24.7 Å². The Morgan fingerprint density at radius 1 is 0.319 bits per heavy atom. The first-order valence-electron chi connectivity index (χ1n) is 25.2. The van der Waals surface area contributed by atoms with Gasteiger partial charge in [0, 0.05) is 38.8 Å². The van der Waals surface area contributed by atoms with Crippen LogP contribution in [0.4, 0.5) is 17.1 Å². The van der Waals surface area contributed by atoms with Crippen LogP contribution in [0.25, 0.3) is 72.0 Å². The molecular weight excluding hydrogens is 869 g/mol. The first-order valence-corrected chi connectivity index (χ1v) is 25.2. The van der Waals surface area contributed by atoms with Crippen molar-refractivity contribution in [1.29, 1.82) is 0 Å². The molecule has 0 aliphatic heterocycles. The second kappa shape index (κ2) is 16.3. The van der Waals surface area contributed by atoms with E-state index < -0.39 is 5.41 Å². The lowest BCUT2D eigenvalue weighted by Crippen LogP contribution is -2.30. The van der Waals surface area contributed by atoms with E-state index in [1.54, 1.807) is 0 Å². The van der Waals surface area contributed by atoms with Gasteiger partial charge in [0.15, 0.2) is 0 Å². The number of fused-ring (bicyclic) bond motifs is 9. The fourth-order valence-corrected chi connectivity index (χ4v) is 12.6. The van der Waals surface area contributed by atoms with E-state index in [1.165, 1.54) is 94.2 Å². The third-order valence-corrected chi connectivity index (χ3v) is 15.8. The fourth-order valence-electron chi connectivity index (χ4n) is 12.6. The first-order chi connectivity index (χ1) is 35.5. The van der Waals surface area contributed by atoms with Crippen LogP contribution in [0.15, 0.2) is 267 Å². The molecule has 12 aromatic rings. The highest BCUT2D eigenvalue weighted by Crippen LogP contribution is 2.59. The van der Waals surface area contributed by atoms with Crippen LogP contribution in [-0.2, 0) is 10.8 Å². The van der Waals surface area contributed by atoms with Gasteiger partial charge in [0.05, 0.1) is 22.1 Å². The van der Waals surface area contributed by atoms with Crippen molar-refractivity contribution in [2.75, 3.05) is 4.90 Å². The van der Waals surface area contributed by atoms with E-state index in [2.05, 4.69) is 290 Å². The summed E-state index contributed by atoms with van der Waals surface area (Å²) in [6, 6.07) is 99.4. The van der Waals surface area contributed by atoms with E-state index in [-0.39, 0.29) is 5.41 Å². The van der Waals surface area contributed by atoms with Gasteiger partial charge in [-0.2, -0.15) is 0 Å². The zero-order valence-electron chi connectivity index (χ0n) is 40.3. The monoisotopic (exact) mass is 918 g/mol. The molecule has 2 aliphatic carbocycles. The van der Waals surface area contributed by atoms with Gasteiger partial charge in [-0.1, -0.05) is 214 Å². The van der Waals surface area contributed by atoms with Crippen LogP contribution in [-0.4, -0.2) is 4.57 Å². The third-order valence-electron chi connectivity index (χ3n) is 15.8. The number of para-hydroxylation sites is 2. The van der Waals surface area contributed by atoms with Crippen LogP contribution in [0.5, 0.6) is 0 Å². The summed E-state index contributed by atoms with van der Waals surface area (Å²) in [4.78, 5) is 2.44. The van der Waals surface area contributed by atoms with E-state index in [9.17, 15) is 0 Å². The van der Waals surface area contributed by atoms with Crippen molar-refractivity contribution in [2.24, 2.45) is 0 Å². The van der Waals surface area contributed by atoms with E-state index in [0.29, 0.717) is 0 Å². The van der Waals surface area contributed by atoms with Gasteiger partial charge in [0.1, 0.15) is 0 Å². The molecule has 0 N–H and O–H groups in total.